The zero-order chi connectivity index (χ0) is 14.5. The van der Waals surface area contributed by atoms with E-state index >= 15 is 0 Å². The number of hydrogen-bond acceptors (Lipinski definition) is 4. The van der Waals surface area contributed by atoms with Gasteiger partial charge in [-0.2, -0.15) is 0 Å². The van der Waals surface area contributed by atoms with Crippen LogP contribution in [0.2, 0.25) is 0 Å². The molecule has 6 nitrogen and oxygen atoms in total. The van der Waals surface area contributed by atoms with Crippen LogP contribution in [0.3, 0.4) is 0 Å². The summed E-state index contributed by atoms with van der Waals surface area (Å²) < 4.78 is 0. The number of aliphatic hydroxyl groups excluding tert-OH is 1. The van der Waals surface area contributed by atoms with Crippen molar-refractivity contribution in [3.8, 4) is 0 Å². The fourth-order valence-corrected chi connectivity index (χ4v) is 2.25. The van der Waals surface area contributed by atoms with Gasteiger partial charge in [0.25, 0.3) is 5.91 Å². The Balaban J connectivity index is 2.10. The van der Waals surface area contributed by atoms with Gasteiger partial charge in [-0.05, 0) is 36.2 Å². The molecule has 0 aliphatic carbocycles. The number of carboxylic acid groups (broad SMARTS) is 1. The van der Waals surface area contributed by atoms with Gasteiger partial charge in [0, 0.05) is 25.1 Å². The van der Waals surface area contributed by atoms with Crippen LogP contribution in [0, 0.1) is 0 Å². The standard InChI is InChI=1S/C14H18N2O4/c17-6-4-12(14(19)20)16-13(18)10-2-1-9-3-5-15-8-11(9)7-10/h1-2,7,12,15,17H,3-6,8H2,(H,16,18)(H,19,20)/t12-/m1/s1. The van der Waals surface area contributed by atoms with Crippen LogP contribution < -0.4 is 10.6 Å². The molecule has 0 radical (unpaired) electrons. The molecular weight excluding hydrogens is 260 g/mol. The maximum absolute atomic E-state index is 12.0. The monoisotopic (exact) mass is 278 g/mol. The lowest BCUT2D eigenvalue weighted by Gasteiger charge is -2.18. The van der Waals surface area contributed by atoms with Crippen molar-refractivity contribution in [2.75, 3.05) is 13.2 Å². The first kappa shape index (κ1) is 14.5. The first-order valence-corrected chi connectivity index (χ1v) is 6.59. The lowest BCUT2D eigenvalue weighted by atomic mass is 9.98. The van der Waals surface area contributed by atoms with E-state index in [9.17, 15) is 9.59 Å². The van der Waals surface area contributed by atoms with E-state index in [1.54, 1.807) is 12.1 Å². The molecule has 6 heteroatoms. The maximum atomic E-state index is 12.0. The Labute approximate surface area is 116 Å². The number of aliphatic hydroxyl groups is 1. The zero-order valence-electron chi connectivity index (χ0n) is 11.1. The highest BCUT2D eigenvalue weighted by Crippen LogP contribution is 2.16. The first-order valence-electron chi connectivity index (χ1n) is 6.59. The molecule has 0 bridgehead atoms. The molecule has 1 aromatic carbocycles. The summed E-state index contributed by atoms with van der Waals surface area (Å²) >= 11 is 0. The van der Waals surface area contributed by atoms with Crippen molar-refractivity contribution in [1.82, 2.24) is 10.6 Å². The summed E-state index contributed by atoms with van der Waals surface area (Å²) in [4.78, 5) is 23.0. The summed E-state index contributed by atoms with van der Waals surface area (Å²) in [7, 11) is 0. The highest BCUT2D eigenvalue weighted by atomic mass is 16.4. The van der Waals surface area contributed by atoms with Crippen LogP contribution in [0.1, 0.15) is 27.9 Å². The summed E-state index contributed by atoms with van der Waals surface area (Å²) in [6, 6.07) is 4.33. The van der Waals surface area contributed by atoms with E-state index in [1.807, 2.05) is 6.07 Å². The molecule has 4 N–H and O–H groups in total. The van der Waals surface area contributed by atoms with E-state index in [0.29, 0.717) is 5.56 Å². The van der Waals surface area contributed by atoms with Gasteiger partial charge in [0.15, 0.2) is 0 Å². The van der Waals surface area contributed by atoms with Gasteiger partial charge in [0.1, 0.15) is 6.04 Å². The Bertz CT molecular complexity index is 516. The number of benzene rings is 1. The topological polar surface area (TPSA) is 98.7 Å². The second-order valence-corrected chi connectivity index (χ2v) is 4.79. The number of aliphatic carboxylic acids is 1. The number of carbonyl (C=O) groups is 2. The normalized spacial score (nSPS) is 15.2. The SMILES string of the molecule is O=C(N[C@H](CCO)C(=O)O)c1ccc2c(c1)CNCC2. The van der Waals surface area contributed by atoms with Gasteiger partial charge in [-0.15, -0.1) is 0 Å². The lowest BCUT2D eigenvalue weighted by Crippen LogP contribution is -2.41. The van der Waals surface area contributed by atoms with Crippen molar-refractivity contribution in [3.63, 3.8) is 0 Å². The predicted octanol–water partition coefficient (Wildman–Crippen LogP) is -0.102. The fourth-order valence-electron chi connectivity index (χ4n) is 2.25. The Kier molecular flexibility index (Phi) is 4.70. The minimum Gasteiger partial charge on any atom is -0.480 e. The predicted molar refractivity (Wildman–Crippen MR) is 72.4 cm³/mol. The Morgan fingerprint density at radius 3 is 2.85 bits per heavy atom. The minimum absolute atomic E-state index is 0.00638. The number of rotatable bonds is 5. The molecule has 0 fully saturated rings. The van der Waals surface area contributed by atoms with Crippen molar-refractivity contribution < 1.29 is 19.8 Å². The van der Waals surface area contributed by atoms with Crippen LogP contribution in [-0.4, -0.2) is 41.3 Å². The molecule has 0 aromatic heterocycles. The smallest absolute Gasteiger partial charge is 0.326 e. The van der Waals surface area contributed by atoms with Gasteiger partial charge in [0.2, 0.25) is 0 Å². The van der Waals surface area contributed by atoms with Crippen LogP contribution in [0.25, 0.3) is 0 Å². The third-order valence-electron chi connectivity index (χ3n) is 3.38. The van der Waals surface area contributed by atoms with Crippen molar-refractivity contribution in [1.29, 1.82) is 0 Å². The van der Waals surface area contributed by atoms with Crippen LogP contribution in [-0.2, 0) is 17.8 Å². The molecule has 1 aliphatic heterocycles. The van der Waals surface area contributed by atoms with Crippen LogP contribution in [0.4, 0.5) is 0 Å². The quantitative estimate of drug-likeness (QED) is 0.603. The molecule has 108 valence electrons. The summed E-state index contributed by atoms with van der Waals surface area (Å²) in [6.45, 7) is 1.36. The molecule has 0 spiro atoms. The maximum Gasteiger partial charge on any atom is 0.326 e. The number of amides is 1. The zero-order valence-corrected chi connectivity index (χ0v) is 11.1. The number of nitrogens with one attached hydrogen (secondary N) is 2. The average Bonchev–Trinajstić information content (AvgIpc) is 2.46. The van der Waals surface area contributed by atoms with Crippen molar-refractivity contribution >= 4 is 11.9 Å². The van der Waals surface area contributed by atoms with E-state index in [-0.39, 0.29) is 13.0 Å². The number of fused-ring (bicyclic) bond motifs is 1. The van der Waals surface area contributed by atoms with E-state index in [2.05, 4.69) is 10.6 Å². The average molecular weight is 278 g/mol. The van der Waals surface area contributed by atoms with E-state index in [1.165, 1.54) is 5.56 Å². The molecule has 0 unspecified atom stereocenters. The summed E-state index contributed by atoms with van der Waals surface area (Å²) in [5.74, 6) is -1.58. The number of hydrogen-bond donors (Lipinski definition) is 4. The first-order chi connectivity index (χ1) is 9.61. The third kappa shape index (κ3) is 3.34. The van der Waals surface area contributed by atoms with Gasteiger partial charge in [-0.3, -0.25) is 4.79 Å². The van der Waals surface area contributed by atoms with Gasteiger partial charge in [-0.25, -0.2) is 4.79 Å². The van der Waals surface area contributed by atoms with E-state index < -0.39 is 17.9 Å². The van der Waals surface area contributed by atoms with Gasteiger partial charge < -0.3 is 20.8 Å². The van der Waals surface area contributed by atoms with E-state index in [4.69, 9.17) is 10.2 Å². The molecule has 20 heavy (non-hydrogen) atoms. The largest absolute Gasteiger partial charge is 0.480 e. The fraction of sp³-hybridized carbons (Fsp3) is 0.429. The van der Waals surface area contributed by atoms with Crippen LogP contribution >= 0.6 is 0 Å². The molecule has 1 atom stereocenters. The molecule has 1 heterocycles. The number of carboxylic acids is 1. The lowest BCUT2D eigenvalue weighted by molar-refractivity contribution is -0.139. The van der Waals surface area contributed by atoms with Crippen molar-refractivity contribution in [2.45, 2.75) is 25.4 Å². The Morgan fingerprint density at radius 1 is 1.35 bits per heavy atom. The molecular formula is C14H18N2O4. The highest BCUT2D eigenvalue weighted by Gasteiger charge is 2.20. The highest BCUT2D eigenvalue weighted by molar-refractivity contribution is 5.96. The van der Waals surface area contributed by atoms with Crippen LogP contribution in [0.5, 0.6) is 0 Å². The Hall–Kier alpha value is -1.92. The van der Waals surface area contributed by atoms with Gasteiger partial charge in [0.05, 0.1) is 0 Å². The van der Waals surface area contributed by atoms with E-state index in [0.717, 1.165) is 25.1 Å². The Morgan fingerprint density at radius 2 is 2.15 bits per heavy atom. The molecule has 0 saturated heterocycles. The van der Waals surface area contributed by atoms with Gasteiger partial charge in [-0.1, -0.05) is 6.07 Å². The minimum atomic E-state index is -1.15. The van der Waals surface area contributed by atoms with Crippen LogP contribution in [0.15, 0.2) is 18.2 Å². The molecule has 2 rings (SSSR count). The third-order valence-corrected chi connectivity index (χ3v) is 3.38. The van der Waals surface area contributed by atoms with Crippen molar-refractivity contribution in [3.05, 3.63) is 34.9 Å². The molecule has 0 saturated carbocycles. The summed E-state index contributed by atoms with van der Waals surface area (Å²) in [5, 5.41) is 23.4. The molecule has 1 amide bonds. The second-order valence-electron chi connectivity index (χ2n) is 4.79. The summed E-state index contributed by atoms with van der Waals surface area (Å²) in [6.07, 6.45) is 0.924. The summed E-state index contributed by atoms with van der Waals surface area (Å²) in [5.41, 5.74) is 2.72. The van der Waals surface area contributed by atoms with Crippen molar-refractivity contribution in [2.24, 2.45) is 0 Å². The molecule has 1 aromatic rings. The van der Waals surface area contributed by atoms with Gasteiger partial charge >= 0.3 is 5.97 Å². The molecule has 1 aliphatic rings. The number of carbonyl (C=O) groups excluding carboxylic acids is 1. The second kappa shape index (κ2) is 6.49.